The first-order valence-corrected chi connectivity index (χ1v) is 10.5. The second-order valence-corrected chi connectivity index (χ2v) is 7.33. The standard InChI is InChI=1S/C25H23FN4O3/c1-2-21(25(32)33)30-24(31)20-10-11-22(19-9-4-3-7-17(19)15-27)29-23(20)28-13-12-16-6-5-8-18(26)14-16/h3-11,14,21H,2,12-13H2,1H3,(H,28,29)(H,30,31)(H,32,33)/t21-/m0/s1. The normalized spacial score (nSPS) is 11.3. The molecule has 0 radical (unpaired) electrons. The number of aliphatic carboxylic acids is 1. The Hall–Kier alpha value is -4.25. The van der Waals surface area contributed by atoms with E-state index in [1.165, 1.54) is 12.1 Å². The Morgan fingerprint density at radius 2 is 1.94 bits per heavy atom. The molecule has 0 aliphatic heterocycles. The fourth-order valence-corrected chi connectivity index (χ4v) is 3.32. The summed E-state index contributed by atoms with van der Waals surface area (Å²) in [6.45, 7) is 2.02. The lowest BCUT2D eigenvalue weighted by Crippen LogP contribution is -2.40. The summed E-state index contributed by atoms with van der Waals surface area (Å²) >= 11 is 0. The van der Waals surface area contributed by atoms with Crippen molar-refractivity contribution < 1.29 is 19.1 Å². The molecule has 7 nitrogen and oxygen atoms in total. The quantitative estimate of drug-likeness (QED) is 0.458. The van der Waals surface area contributed by atoms with Gasteiger partial charge in [0.15, 0.2) is 0 Å². The van der Waals surface area contributed by atoms with Gasteiger partial charge in [0, 0.05) is 12.1 Å². The van der Waals surface area contributed by atoms with Crippen molar-refractivity contribution in [1.29, 1.82) is 5.26 Å². The van der Waals surface area contributed by atoms with Gasteiger partial charge in [-0.05, 0) is 48.7 Å². The minimum Gasteiger partial charge on any atom is -0.480 e. The molecular weight excluding hydrogens is 423 g/mol. The maximum absolute atomic E-state index is 13.5. The van der Waals surface area contributed by atoms with E-state index in [-0.39, 0.29) is 23.6 Å². The van der Waals surface area contributed by atoms with E-state index in [1.54, 1.807) is 55.5 Å². The van der Waals surface area contributed by atoms with Gasteiger partial charge in [-0.3, -0.25) is 4.79 Å². The van der Waals surface area contributed by atoms with E-state index in [1.807, 2.05) is 0 Å². The van der Waals surface area contributed by atoms with Crippen LogP contribution in [0.4, 0.5) is 10.2 Å². The lowest BCUT2D eigenvalue weighted by molar-refractivity contribution is -0.139. The zero-order valence-corrected chi connectivity index (χ0v) is 18.0. The monoisotopic (exact) mass is 446 g/mol. The summed E-state index contributed by atoms with van der Waals surface area (Å²) in [5.41, 5.74) is 2.48. The first-order chi connectivity index (χ1) is 15.9. The van der Waals surface area contributed by atoms with E-state index in [0.717, 1.165) is 5.56 Å². The molecule has 168 valence electrons. The smallest absolute Gasteiger partial charge is 0.326 e. The third-order valence-corrected chi connectivity index (χ3v) is 5.07. The van der Waals surface area contributed by atoms with Crippen LogP contribution in [0.5, 0.6) is 0 Å². The van der Waals surface area contributed by atoms with Crippen molar-refractivity contribution in [1.82, 2.24) is 10.3 Å². The topological polar surface area (TPSA) is 115 Å². The molecule has 0 bridgehead atoms. The number of nitrogens with zero attached hydrogens (tertiary/aromatic N) is 2. The van der Waals surface area contributed by atoms with Gasteiger partial charge in [0.1, 0.15) is 17.7 Å². The number of carbonyl (C=O) groups is 2. The number of anilines is 1. The largest absolute Gasteiger partial charge is 0.480 e. The molecule has 1 aromatic heterocycles. The molecule has 33 heavy (non-hydrogen) atoms. The van der Waals surface area contributed by atoms with Gasteiger partial charge in [-0.25, -0.2) is 14.2 Å². The van der Waals surface area contributed by atoms with Crippen molar-refractivity contribution in [3.8, 4) is 17.3 Å². The van der Waals surface area contributed by atoms with Crippen LogP contribution in [0.1, 0.15) is 34.8 Å². The number of hydrogen-bond donors (Lipinski definition) is 3. The predicted octanol–water partition coefficient (Wildman–Crippen LogP) is 4.01. The van der Waals surface area contributed by atoms with E-state index < -0.39 is 17.9 Å². The molecule has 0 aliphatic rings. The molecule has 3 rings (SSSR count). The molecule has 0 spiro atoms. The van der Waals surface area contributed by atoms with Crippen LogP contribution >= 0.6 is 0 Å². The molecule has 0 fully saturated rings. The fourth-order valence-electron chi connectivity index (χ4n) is 3.32. The van der Waals surface area contributed by atoms with Gasteiger partial charge in [0.2, 0.25) is 0 Å². The van der Waals surface area contributed by atoms with Crippen LogP contribution in [0.3, 0.4) is 0 Å². The Morgan fingerprint density at radius 3 is 2.64 bits per heavy atom. The van der Waals surface area contributed by atoms with Gasteiger partial charge in [-0.15, -0.1) is 0 Å². The van der Waals surface area contributed by atoms with Gasteiger partial charge >= 0.3 is 5.97 Å². The number of carboxylic acid groups (broad SMARTS) is 1. The molecule has 0 unspecified atom stereocenters. The van der Waals surface area contributed by atoms with Crippen molar-refractivity contribution in [2.45, 2.75) is 25.8 Å². The number of nitriles is 1. The second kappa shape index (κ2) is 10.9. The number of halogens is 1. The van der Waals surface area contributed by atoms with E-state index in [0.29, 0.717) is 29.8 Å². The number of aromatic nitrogens is 1. The average molecular weight is 446 g/mol. The Kier molecular flexibility index (Phi) is 7.71. The van der Waals surface area contributed by atoms with Crippen LogP contribution in [0.15, 0.2) is 60.7 Å². The van der Waals surface area contributed by atoms with Crippen LogP contribution < -0.4 is 10.6 Å². The zero-order chi connectivity index (χ0) is 23.8. The first kappa shape index (κ1) is 23.4. The molecule has 0 saturated carbocycles. The first-order valence-electron chi connectivity index (χ1n) is 10.5. The number of benzene rings is 2. The summed E-state index contributed by atoms with van der Waals surface area (Å²) in [6.07, 6.45) is 0.705. The van der Waals surface area contributed by atoms with E-state index in [4.69, 9.17) is 0 Å². The molecule has 1 atom stereocenters. The predicted molar refractivity (Wildman–Crippen MR) is 122 cm³/mol. The summed E-state index contributed by atoms with van der Waals surface area (Å²) in [4.78, 5) is 28.7. The lowest BCUT2D eigenvalue weighted by Gasteiger charge is -2.16. The van der Waals surface area contributed by atoms with Crippen LogP contribution in [0, 0.1) is 17.1 Å². The Morgan fingerprint density at radius 1 is 1.15 bits per heavy atom. The SMILES string of the molecule is CC[C@H](NC(=O)c1ccc(-c2ccccc2C#N)nc1NCCc1cccc(F)c1)C(=O)O. The summed E-state index contributed by atoms with van der Waals surface area (Å²) in [7, 11) is 0. The molecule has 1 amide bonds. The number of carbonyl (C=O) groups excluding carboxylic acids is 1. The second-order valence-electron chi connectivity index (χ2n) is 7.33. The van der Waals surface area contributed by atoms with Crippen LogP contribution in [0.25, 0.3) is 11.3 Å². The fraction of sp³-hybridized carbons (Fsp3) is 0.200. The molecule has 8 heteroatoms. The molecule has 1 heterocycles. The third kappa shape index (κ3) is 5.92. The summed E-state index contributed by atoms with van der Waals surface area (Å²) < 4.78 is 13.5. The molecule has 3 N–H and O–H groups in total. The highest BCUT2D eigenvalue weighted by molar-refractivity contribution is 6.01. The zero-order valence-electron chi connectivity index (χ0n) is 18.0. The summed E-state index contributed by atoms with van der Waals surface area (Å²) in [6, 6.07) is 17.4. The number of carboxylic acids is 1. The highest BCUT2D eigenvalue weighted by atomic mass is 19.1. The van der Waals surface area contributed by atoms with Crippen molar-refractivity contribution >= 4 is 17.7 Å². The average Bonchev–Trinajstić information content (AvgIpc) is 2.82. The molecule has 0 aliphatic carbocycles. The molecule has 0 saturated heterocycles. The van der Waals surface area contributed by atoms with Crippen LogP contribution in [0.2, 0.25) is 0 Å². The van der Waals surface area contributed by atoms with E-state index in [9.17, 15) is 24.3 Å². The highest BCUT2D eigenvalue weighted by Crippen LogP contribution is 2.25. The minimum absolute atomic E-state index is 0.173. The van der Waals surface area contributed by atoms with Crippen molar-refractivity contribution in [2.24, 2.45) is 0 Å². The van der Waals surface area contributed by atoms with Crippen molar-refractivity contribution in [3.63, 3.8) is 0 Å². The maximum Gasteiger partial charge on any atom is 0.326 e. The van der Waals surface area contributed by atoms with Gasteiger partial charge in [-0.1, -0.05) is 37.3 Å². The van der Waals surface area contributed by atoms with E-state index >= 15 is 0 Å². The van der Waals surface area contributed by atoms with Gasteiger partial charge in [0.05, 0.1) is 22.9 Å². The Balaban J connectivity index is 1.91. The highest BCUT2D eigenvalue weighted by Gasteiger charge is 2.21. The van der Waals surface area contributed by atoms with Gasteiger partial charge in [0.25, 0.3) is 5.91 Å². The number of pyridine rings is 1. The Labute approximate surface area is 190 Å². The lowest BCUT2D eigenvalue weighted by atomic mass is 10.0. The Bertz CT molecular complexity index is 1210. The summed E-state index contributed by atoms with van der Waals surface area (Å²) in [5.74, 6) is -1.79. The van der Waals surface area contributed by atoms with Gasteiger partial charge in [-0.2, -0.15) is 5.26 Å². The third-order valence-electron chi connectivity index (χ3n) is 5.07. The van der Waals surface area contributed by atoms with E-state index in [2.05, 4.69) is 21.7 Å². The summed E-state index contributed by atoms with van der Waals surface area (Å²) in [5, 5.41) is 24.3. The van der Waals surface area contributed by atoms with Crippen LogP contribution in [-0.4, -0.2) is 34.6 Å². The molecule has 3 aromatic rings. The number of rotatable bonds is 9. The minimum atomic E-state index is -1.13. The molecular formula is C25H23FN4O3. The van der Waals surface area contributed by atoms with Crippen LogP contribution in [-0.2, 0) is 11.2 Å². The van der Waals surface area contributed by atoms with Crippen molar-refractivity contribution in [3.05, 3.63) is 83.2 Å². The van der Waals surface area contributed by atoms with Gasteiger partial charge < -0.3 is 15.7 Å². The van der Waals surface area contributed by atoms with Crippen molar-refractivity contribution in [2.75, 3.05) is 11.9 Å². The maximum atomic E-state index is 13.5. The molecule has 2 aromatic carbocycles. The number of amides is 1. The number of nitrogens with one attached hydrogen (secondary N) is 2. The number of hydrogen-bond acceptors (Lipinski definition) is 5.